The second kappa shape index (κ2) is 11.7. The third-order valence-electron chi connectivity index (χ3n) is 5.44. The molecule has 10 heteroatoms. The molecule has 0 saturated carbocycles. The SMILES string of the molecule is COC(=O)[C@H](CCOCc1ccccc1)N1CCN(c2cccc(OC(F)(F)F)c2)CCC1=O. The summed E-state index contributed by atoms with van der Waals surface area (Å²) in [5, 5.41) is 0. The van der Waals surface area contributed by atoms with Crippen LogP contribution in [0.1, 0.15) is 18.4 Å². The summed E-state index contributed by atoms with van der Waals surface area (Å²) in [4.78, 5) is 28.6. The van der Waals surface area contributed by atoms with Crippen molar-refractivity contribution in [3.63, 3.8) is 0 Å². The van der Waals surface area contributed by atoms with Gasteiger partial charge in [-0.25, -0.2) is 4.79 Å². The van der Waals surface area contributed by atoms with Gasteiger partial charge >= 0.3 is 12.3 Å². The highest BCUT2D eigenvalue weighted by Crippen LogP contribution is 2.27. The highest BCUT2D eigenvalue weighted by atomic mass is 19.4. The first-order chi connectivity index (χ1) is 16.3. The van der Waals surface area contributed by atoms with Gasteiger partial charge in [-0.05, 0) is 17.7 Å². The Kier molecular flexibility index (Phi) is 8.75. The summed E-state index contributed by atoms with van der Waals surface area (Å²) in [6, 6.07) is 14.4. The van der Waals surface area contributed by atoms with E-state index in [4.69, 9.17) is 9.47 Å². The van der Waals surface area contributed by atoms with Gasteiger partial charge in [-0.2, -0.15) is 0 Å². The van der Waals surface area contributed by atoms with Gasteiger partial charge in [0.25, 0.3) is 0 Å². The van der Waals surface area contributed by atoms with Crippen LogP contribution in [0.15, 0.2) is 54.6 Å². The van der Waals surface area contributed by atoms with Crippen LogP contribution in [-0.4, -0.2) is 62.5 Å². The van der Waals surface area contributed by atoms with Crippen LogP contribution in [0.3, 0.4) is 0 Å². The standard InChI is InChI=1S/C24H27F3N2O5/c1-32-23(31)21(11-15-33-17-18-6-3-2-4-7-18)29-14-13-28(12-10-22(29)30)19-8-5-9-20(16-19)34-24(25,26)27/h2-9,16,21H,10-15,17H2,1H3/t21-/m0/s1. The fourth-order valence-corrected chi connectivity index (χ4v) is 3.80. The molecule has 1 aliphatic rings. The quantitative estimate of drug-likeness (QED) is 0.402. The second-order valence-electron chi connectivity index (χ2n) is 7.74. The van der Waals surface area contributed by atoms with Crippen LogP contribution in [0.4, 0.5) is 18.9 Å². The van der Waals surface area contributed by atoms with E-state index in [2.05, 4.69) is 4.74 Å². The number of alkyl halides is 3. The van der Waals surface area contributed by atoms with E-state index in [0.29, 0.717) is 25.4 Å². The summed E-state index contributed by atoms with van der Waals surface area (Å²) < 4.78 is 52.3. The average Bonchev–Trinajstić information content (AvgIpc) is 3.00. The van der Waals surface area contributed by atoms with Crippen molar-refractivity contribution in [2.45, 2.75) is 31.9 Å². The van der Waals surface area contributed by atoms with Crippen molar-refractivity contribution in [3.8, 4) is 5.75 Å². The lowest BCUT2D eigenvalue weighted by atomic mass is 10.1. The molecule has 1 amide bonds. The van der Waals surface area contributed by atoms with E-state index in [-0.39, 0.29) is 37.6 Å². The number of halogens is 3. The van der Waals surface area contributed by atoms with Gasteiger partial charge in [0.2, 0.25) is 5.91 Å². The fraction of sp³-hybridized carbons (Fsp3) is 0.417. The number of anilines is 1. The Morgan fingerprint density at radius 1 is 1.06 bits per heavy atom. The number of hydrogen-bond acceptors (Lipinski definition) is 6. The van der Waals surface area contributed by atoms with Crippen molar-refractivity contribution in [2.24, 2.45) is 0 Å². The highest BCUT2D eigenvalue weighted by molar-refractivity contribution is 5.85. The molecule has 1 saturated heterocycles. The first kappa shape index (κ1) is 25.4. The lowest BCUT2D eigenvalue weighted by Gasteiger charge is -2.29. The third-order valence-corrected chi connectivity index (χ3v) is 5.44. The Bertz CT molecular complexity index is 955. The molecule has 7 nitrogen and oxygen atoms in total. The van der Waals surface area contributed by atoms with Crippen molar-refractivity contribution < 1.29 is 37.0 Å². The minimum atomic E-state index is -4.79. The van der Waals surface area contributed by atoms with E-state index in [0.717, 1.165) is 5.56 Å². The molecule has 1 fully saturated rings. The van der Waals surface area contributed by atoms with E-state index < -0.39 is 18.4 Å². The van der Waals surface area contributed by atoms with Gasteiger partial charge in [-0.15, -0.1) is 13.2 Å². The summed E-state index contributed by atoms with van der Waals surface area (Å²) in [6.45, 7) is 1.47. The molecule has 0 radical (unpaired) electrons. The summed E-state index contributed by atoms with van der Waals surface area (Å²) in [5.74, 6) is -1.10. The molecular weight excluding hydrogens is 453 g/mol. The van der Waals surface area contributed by atoms with Gasteiger partial charge in [0.15, 0.2) is 0 Å². The van der Waals surface area contributed by atoms with E-state index in [1.54, 1.807) is 11.0 Å². The fourth-order valence-electron chi connectivity index (χ4n) is 3.80. The molecule has 34 heavy (non-hydrogen) atoms. The van der Waals surface area contributed by atoms with Gasteiger partial charge in [-0.1, -0.05) is 36.4 Å². The molecule has 3 rings (SSSR count). The van der Waals surface area contributed by atoms with Crippen molar-refractivity contribution in [2.75, 3.05) is 38.3 Å². The molecule has 0 aromatic heterocycles. The number of methoxy groups -OCH3 is 1. The third kappa shape index (κ3) is 7.38. The first-order valence-corrected chi connectivity index (χ1v) is 10.9. The normalized spacial score (nSPS) is 15.6. The van der Waals surface area contributed by atoms with Crippen LogP contribution in [0.5, 0.6) is 5.75 Å². The number of amides is 1. The Hall–Kier alpha value is -3.27. The number of benzene rings is 2. The van der Waals surface area contributed by atoms with Gasteiger partial charge < -0.3 is 24.0 Å². The lowest BCUT2D eigenvalue weighted by Crippen LogP contribution is -2.47. The molecule has 184 valence electrons. The summed E-state index contributed by atoms with van der Waals surface area (Å²) >= 11 is 0. The molecule has 0 aliphatic carbocycles. The summed E-state index contributed by atoms with van der Waals surface area (Å²) in [6.07, 6.45) is -4.43. The molecule has 2 aromatic carbocycles. The molecule has 2 aromatic rings. The van der Waals surface area contributed by atoms with Crippen LogP contribution in [0, 0.1) is 0 Å². The van der Waals surface area contributed by atoms with E-state index >= 15 is 0 Å². The molecule has 0 bridgehead atoms. The predicted octanol–water partition coefficient (Wildman–Crippen LogP) is 3.77. The monoisotopic (exact) mass is 480 g/mol. The van der Waals surface area contributed by atoms with Crippen molar-refractivity contribution in [1.82, 2.24) is 4.90 Å². The summed E-state index contributed by atoms with van der Waals surface area (Å²) in [5.41, 5.74) is 1.49. The highest BCUT2D eigenvalue weighted by Gasteiger charge is 2.33. The number of nitrogens with zero attached hydrogens (tertiary/aromatic N) is 2. The minimum Gasteiger partial charge on any atom is -0.467 e. The number of carbonyl (C=O) groups is 2. The Labute approximate surface area is 196 Å². The maximum atomic E-state index is 12.8. The van der Waals surface area contributed by atoms with Crippen molar-refractivity contribution in [3.05, 3.63) is 60.2 Å². The van der Waals surface area contributed by atoms with Crippen LogP contribution in [-0.2, 0) is 25.7 Å². The zero-order valence-corrected chi connectivity index (χ0v) is 18.8. The number of rotatable bonds is 9. The Morgan fingerprint density at radius 2 is 1.82 bits per heavy atom. The Balaban J connectivity index is 1.63. The van der Waals surface area contributed by atoms with Crippen LogP contribution in [0.2, 0.25) is 0 Å². The first-order valence-electron chi connectivity index (χ1n) is 10.9. The largest absolute Gasteiger partial charge is 0.573 e. The lowest BCUT2D eigenvalue weighted by molar-refractivity contribution is -0.274. The second-order valence-corrected chi connectivity index (χ2v) is 7.74. The zero-order chi connectivity index (χ0) is 24.6. The number of hydrogen-bond donors (Lipinski definition) is 0. The number of esters is 1. The topological polar surface area (TPSA) is 68.3 Å². The number of ether oxygens (including phenoxy) is 3. The van der Waals surface area contributed by atoms with Gasteiger partial charge in [0, 0.05) is 50.8 Å². The maximum Gasteiger partial charge on any atom is 0.573 e. The number of carbonyl (C=O) groups excluding carboxylic acids is 2. The van der Waals surface area contributed by atoms with E-state index in [1.165, 1.54) is 30.2 Å². The Morgan fingerprint density at radius 3 is 2.53 bits per heavy atom. The van der Waals surface area contributed by atoms with Gasteiger partial charge in [0.1, 0.15) is 11.8 Å². The molecule has 0 N–H and O–H groups in total. The summed E-state index contributed by atoms with van der Waals surface area (Å²) in [7, 11) is 1.26. The van der Waals surface area contributed by atoms with Crippen LogP contribution in [0.25, 0.3) is 0 Å². The van der Waals surface area contributed by atoms with Crippen LogP contribution >= 0.6 is 0 Å². The smallest absolute Gasteiger partial charge is 0.467 e. The van der Waals surface area contributed by atoms with Crippen molar-refractivity contribution >= 4 is 17.6 Å². The molecule has 1 heterocycles. The maximum absolute atomic E-state index is 12.8. The predicted molar refractivity (Wildman–Crippen MR) is 118 cm³/mol. The van der Waals surface area contributed by atoms with Crippen LogP contribution < -0.4 is 9.64 Å². The van der Waals surface area contributed by atoms with E-state index in [1.807, 2.05) is 30.3 Å². The molecule has 0 spiro atoms. The molecular formula is C24H27F3N2O5. The average molecular weight is 480 g/mol. The van der Waals surface area contributed by atoms with E-state index in [9.17, 15) is 22.8 Å². The molecule has 1 atom stereocenters. The van der Waals surface area contributed by atoms with Gasteiger partial charge in [-0.3, -0.25) is 4.79 Å². The zero-order valence-electron chi connectivity index (χ0n) is 18.8. The molecule has 1 aliphatic heterocycles. The van der Waals surface area contributed by atoms with Gasteiger partial charge in [0.05, 0.1) is 13.7 Å². The molecule has 0 unspecified atom stereocenters. The van der Waals surface area contributed by atoms with Crippen molar-refractivity contribution in [1.29, 1.82) is 0 Å². The minimum absolute atomic E-state index is 0.0999.